The highest BCUT2D eigenvalue weighted by atomic mass is 16.1. The minimum Gasteiger partial charge on any atom is -0.303 e. The van der Waals surface area contributed by atoms with Gasteiger partial charge in [0.1, 0.15) is 5.78 Å². The lowest BCUT2D eigenvalue weighted by atomic mass is 9.76. The normalized spacial score (nSPS) is 23.7. The Hall–Kier alpha value is -1.16. The predicted molar refractivity (Wildman–Crippen MR) is 129 cm³/mol. The summed E-state index contributed by atoms with van der Waals surface area (Å²) >= 11 is 0. The van der Waals surface area contributed by atoms with Crippen LogP contribution in [0.4, 0.5) is 0 Å². The smallest absolute Gasteiger partial charge is 0.138 e. The second kappa shape index (κ2) is 12.2. The Morgan fingerprint density at radius 1 is 0.968 bits per heavy atom. The van der Waals surface area contributed by atoms with Crippen molar-refractivity contribution in [1.29, 1.82) is 0 Å². The summed E-state index contributed by atoms with van der Waals surface area (Å²) < 4.78 is 2.17. The van der Waals surface area contributed by atoms with Crippen LogP contribution in [0.15, 0.2) is 12.4 Å². The molecular weight excluding hydrogens is 382 g/mol. The molecule has 1 aliphatic carbocycles. The van der Waals surface area contributed by atoms with E-state index in [-0.39, 0.29) is 5.92 Å². The van der Waals surface area contributed by atoms with Crippen molar-refractivity contribution in [3.8, 4) is 0 Å². The topological polar surface area (TPSA) is 38.1 Å². The number of unbranched alkanes of at least 4 members (excludes halogenated alkanes) is 2. The molecule has 1 saturated carbocycles. The molecule has 3 rings (SSSR count). The molecule has 1 aromatic heterocycles. The number of nitrogens with zero attached hydrogens (tertiary/aromatic N) is 3. The van der Waals surface area contributed by atoms with Gasteiger partial charge in [-0.3, -0.25) is 9.48 Å². The summed E-state index contributed by atoms with van der Waals surface area (Å²) in [7, 11) is 0. The van der Waals surface area contributed by atoms with E-state index in [9.17, 15) is 4.79 Å². The lowest BCUT2D eigenvalue weighted by molar-refractivity contribution is -0.127. The Balaban J connectivity index is 1.21. The molecule has 176 valence electrons. The second-order valence-electron chi connectivity index (χ2n) is 11.1. The zero-order valence-electron chi connectivity index (χ0n) is 20.7. The molecule has 0 amide bonds. The highest BCUT2D eigenvalue weighted by Gasteiger charge is 2.27. The van der Waals surface area contributed by atoms with Crippen molar-refractivity contribution in [1.82, 2.24) is 14.7 Å². The van der Waals surface area contributed by atoms with E-state index in [2.05, 4.69) is 48.6 Å². The number of hydrogen-bond donors (Lipinski definition) is 0. The van der Waals surface area contributed by atoms with Gasteiger partial charge in [-0.15, -0.1) is 0 Å². The number of hydrogen-bond acceptors (Lipinski definition) is 3. The van der Waals surface area contributed by atoms with Gasteiger partial charge in [0.2, 0.25) is 0 Å². The summed E-state index contributed by atoms with van der Waals surface area (Å²) in [6.07, 6.45) is 17.2. The van der Waals surface area contributed by atoms with Crippen molar-refractivity contribution >= 4 is 5.78 Å². The first-order valence-corrected chi connectivity index (χ1v) is 13.2. The summed E-state index contributed by atoms with van der Waals surface area (Å²) in [5.41, 5.74) is 1.36. The maximum Gasteiger partial charge on any atom is 0.138 e. The average Bonchev–Trinajstić information content (AvgIpc) is 3.23. The second-order valence-corrected chi connectivity index (χ2v) is 11.1. The van der Waals surface area contributed by atoms with E-state index in [0.717, 1.165) is 31.2 Å². The van der Waals surface area contributed by atoms with E-state index in [4.69, 9.17) is 0 Å². The van der Waals surface area contributed by atoms with Gasteiger partial charge in [0.25, 0.3) is 0 Å². The van der Waals surface area contributed by atoms with Gasteiger partial charge >= 0.3 is 0 Å². The van der Waals surface area contributed by atoms with Crippen molar-refractivity contribution < 1.29 is 4.79 Å². The van der Waals surface area contributed by atoms with E-state index in [1.54, 1.807) is 0 Å². The van der Waals surface area contributed by atoms with Crippen LogP contribution in [0.3, 0.4) is 0 Å². The maximum absolute atomic E-state index is 12.2. The number of likely N-dealkylation sites (tertiary alicyclic amines) is 1. The third kappa shape index (κ3) is 7.73. The van der Waals surface area contributed by atoms with Crippen molar-refractivity contribution in [2.45, 2.75) is 104 Å². The summed E-state index contributed by atoms with van der Waals surface area (Å²) in [6.45, 7) is 13.5. The van der Waals surface area contributed by atoms with Crippen LogP contribution in [-0.4, -0.2) is 40.1 Å². The van der Waals surface area contributed by atoms with Gasteiger partial charge in [-0.05, 0) is 87.9 Å². The first kappa shape index (κ1) is 24.5. The first-order chi connectivity index (χ1) is 14.9. The van der Waals surface area contributed by atoms with E-state index in [1.165, 1.54) is 76.6 Å². The van der Waals surface area contributed by atoms with Crippen LogP contribution in [-0.2, 0) is 11.3 Å². The monoisotopic (exact) mass is 429 g/mol. The molecule has 4 heteroatoms. The fraction of sp³-hybridized carbons (Fsp3) is 0.852. The van der Waals surface area contributed by atoms with Crippen LogP contribution in [0, 0.1) is 23.7 Å². The number of aromatic nitrogens is 2. The quantitative estimate of drug-likeness (QED) is 0.387. The number of Topliss-reactive ketones (excluding diaryl/α,β-unsaturated/α-hetero) is 1. The highest BCUT2D eigenvalue weighted by molar-refractivity contribution is 5.82. The fourth-order valence-corrected chi connectivity index (χ4v) is 5.59. The molecule has 0 radical (unpaired) electrons. The predicted octanol–water partition coefficient (Wildman–Crippen LogP) is 6.31. The molecule has 0 unspecified atom stereocenters. The molecule has 0 spiro atoms. The number of carbonyl (C=O) groups excluding carboxylic acids is 1. The third-order valence-corrected chi connectivity index (χ3v) is 7.88. The molecule has 31 heavy (non-hydrogen) atoms. The standard InChI is InChI=1S/C27H47N3O/c1-21(2)26-18-28-30(20-26)19-24-13-16-29(17-14-24)15-7-5-6-8-23-9-11-25(12-10-23)27(31)22(3)4/h18,20-25H,5-17,19H2,1-4H3/t23-,25-. The molecule has 0 bridgehead atoms. The molecule has 2 aliphatic rings. The van der Waals surface area contributed by atoms with E-state index in [0.29, 0.717) is 17.6 Å². The molecular formula is C27H47N3O. The Bertz CT molecular complexity index is 649. The Labute approximate surface area is 191 Å². The molecule has 0 aromatic carbocycles. The molecule has 1 saturated heterocycles. The fourth-order valence-electron chi connectivity index (χ4n) is 5.59. The molecule has 2 fully saturated rings. The number of piperidine rings is 1. The van der Waals surface area contributed by atoms with Gasteiger partial charge in [0, 0.05) is 24.6 Å². The van der Waals surface area contributed by atoms with Gasteiger partial charge in [-0.25, -0.2) is 0 Å². The summed E-state index contributed by atoms with van der Waals surface area (Å²) in [6, 6.07) is 0. The van der Waals surface area contributed by atoms with Crippen molar-refractivity contribution in [3.63, 3.8) is 0 Å². The third-order valence-electron chi connectivity index (χ3n) is 7.88. The summed E-state index contributed by atoms with van der Waals surface area (Å²) in [5, 5.41) is 4.57. The zero-order valence-corrected chi connectivity index (χ0v) is 20.7. The van der Waals surface area contributed by atoms with Gasteiger partial charge in [0.05, 0.1) is 6.20 Å². The van der Waals surface area contributed by atoms with Crippen LogP contribution in [0.25, 0.3) is 0 Å². The number of ketones is 1. The molecule has 4 nitrogen and oxygen atoms in total. The molecule has 2 heterocycles. The Kier molecular flexibility index (Phi) is 9.62. The molecule has 1 aromatic rings. The summed E-state index contributed by atoms with van der Waals surface area (Å²) in [5.74, 6) is 3.32. The Morgan fingerprint density at radius 3 is 2.29 bits per heavy atom. The number of carbonyl (C=O) groups is 1. The largest absolute Gasteiger partial charge is 0.303 e. The van der Waals surface area contributed by atoms with E-state index < -0.39 is 0 Å². The van der Waals surface area contributed by atoms with Gasteiger partial charge in [0.15, 0.2) is 0 Å². The minimum atomic E-state index is 0.218. The Morgan fingerprint density at radius 2 is 1.68 bits per heavy atom. The van der Waals surface area contributed by atoms with Gasteiger partial charge in [-0.1, -0.05) is 47.0 Å². The van der Waals surface area contributed by atoms with E-state index >= 15 is 0 Å². The van der Waals surface area contributed by atoms with Crippen LogP contribution in [0.5, 0.6) is 0 Å². The minimum absolute atomic E-state index is 0.218. The van der Waals surface area contributed by atoms with Gasteiger partial charge in [-0.2, -0.15) is 5.10 Å². The molecule has 0 atom stereocenters. The van der Waals surface area contributed by atoms with Crippen molar-refractivity contribution in [2.75, 3.05) is 19.6 Å². The highest BCUT2D eigenvalue weighted by Crippen LogP contribution is 2.33. The number of rotatable bonds is 11. The lowest BCUT2D eigenvalue weighted by Gasteiger charge is -2.32. The van der Waals surface area contributed by atoms with Crippen LogP contribution in [0.2, 0.25) is 0 Å². The van der Waals surface area contributed by atoms with Crippen LogP contribution < -0.4 is 0 Å². The van der Waals surface area contributed by atoms with Crippen LogP contribution in [0.1, 0.15) is 103 Å². The maximum atomic E-state index is 12.2. The SMILES string of the molecule is CC(C)c1cnn(CC2CCN(CCCCC[C@H]3CC[C@H](C(=O)C(C)C)CC3)CC2)c1. The zero-order chi connectivity index (χ0) is 22.2. The lowest BCUT2D eigenvalue weighted by Crippen LogP contribution is -2.35. The van der Waals surface area contributed by atoms with Crippen LogP contribution >= 0.6 is 0 Å². The van der Waals surface area contributed by atoms with Crippen molar-refractivity contribution in [3.05, 3.63) is 18.0 Å². The first-order valence-electron chi connectivity index (χ1n) is 13.2. The molecule has 1 aliphatic heterocycles. The molecule has 0 N–H and O–H groups in total. The van der Waals surface area contributed by atoms with Crippen molar-refractivity contribution in [2.24, 2.45) is 23.7 Å². The average molecular weight is 430 g/mol. The van der Waals surface area contributed by atoms with E-state index in [1.807, 2.05) is 6.20 Å². The van der Waals surface area contributed by atoms with Gasteiger partial charge < -0.3 is 4.90 Å². The summed E-state index contributed by atoms with van der Waals surface area (Å²) in [4.78, 5) is 14.9.